The van der Waals surface area contributed by atoms with Crippen molar-refractivity contribution in [3.8, 4) is 0 Å². The van der Waals surface area contributed by atoms with Gasteiger partial charge in [0.1, 0.15) is 11.6 Å². The van der Waals surface area contributed by atoms with E-state index in [9.17, 15) is 13.6 Å². The molecular formula is C12H15F2NO2. The number of carboxylic acid groups (broad SMARTS) is 1. The van der Waals surface area contributed by atoms with Crippen molar-refractivity contribution in [2.45, 2.75) is 25.8 Å². The van der Waals surface area contributed by atoms with Crippen LogP contribution in [0, 0.1) is 11.6 Å². The summed E-state index contributed by atoms with van der Waals surface area (Å²) in [5.74, 6) is -2.06. The van der Waals surface area contributed by atoms with Crippen LogP contribution in [0.2, 0.25) is 0 Å². The van der Waals surface area contributed by atoms with Crippen LogP contribution in [0.3, 0.4) is 0 Å². The van der Waals surface area contributed by atoms with Gasteiger partial charge >= 0.3 is 5.97 Å². The van der Waals surface area contributed by atoms with Crippen LogP contribution in [0.15, 0.2) is 18.2 Å². The maximum atomic E-state index is 13.4. The summed E-state index contributed by atoms with van der Waals surface area (Å²) in [6.07, 6.45) is 0.550. The molecule has 0 saturated heterocycles. The number of halogens is 2. The van der Waals surface area contributed by atoms with E-state index in [1.165, 1.54) is 12.1 Å². The van der Waals surface area contributed by atoms with E-state index in [0.29, 0.717) is 18.5 Å². The molecular weight excluding hydrogens is 228 g/mol. The molecule has 0 aliphatic carbocycles. The van der Waals surface area contributed by atoms with Gasteiger partial charge in [-0.1, -0.05) is 6.07 Å². The normalized spacial score (nSPS) is 12.4. The summed E-state index contributed by atoms with van der Waals surface area (Å²) in [7, 11) is 0. The first-order chi connectivity index (χ1) is 8.00. The first kappa shape index (κ1) is 13.6. The lowest BCUT2D eigenvalue weighted by molar-refractivity contribution is -0.137. The summed E-state index contributed by atoms with van der Waals surface area (Å²) >= 11 is 0. The monoisotopic (exact) mass is 243 g/mol. The molecule has 1 atom stereocenters. The minimum Gasteiger partial charge on any atom is -0.481 e. The molecule has 0 amide bonds. The van der Waals surface area contributed by atoms with Gasteiger partial charge in [0.15, 0.2) is 0 Å². The number of rotatable bonds is 6. The molecule has 1 aromatic carbocycles. The second-order valence-corrected chi connectivity index (χ2v) is 3.84. The average Bonchev–Trinajstić information content (AvgIpc) is 2.23. The van der Waals surface area contributed by atoms with Crippen molar-refractivity contribution >= 4 is 5.97 Å². The van der Waals surface area contributed by atoms with Crippen LogP contribution < -0.4 is 5.32 Å². The van der Waals surface area contributed by atoms with E-state index in [4.69, 9.17) is 5.11 Å². The molecule has 0 saturated carbocycles. The maximum absolute atomic E-state index is 13.4. The molecule has 0 aliphatic rings. The molecule has 0 aromatic heterocycles. The van der Waals surface area contributed by atoms with Gasteiger partial charge in [-0.2, -0.15) is 0 Å². The fourth-order valence-electron chi connectivity index (χ4n) is 1.52. The van der Waals surface area contributed by atoms with E-state index >= 15 is 0 Å². The molecule has 94 valence electrons. The lowest BCUT2D eigenvalue weighted by Gasteiger charge is -2.14. The highest BCUT2D eigenvalue weighted by atomic mass is 19.1. The van der Waals surface area contributed by atoms with E-state index in [-0.39, 0.29) is 12.5 Å². The molecule has 2 N–H and O–H groups in total. The number of hydrogen-bond acceptors (Lipinski definition) is 2. The number of benzene rings is 1. The standard InChI is InChI=1S/C12H15F2NO2/c1-8(15-6-2-3-12(16)17)10-5-4-9(13)7-11(10)14/h4-5,7-8,15H,2-3,6H2,1H3,(H,16,17). The topological polar surface area (TPSA) is 49.3 Å². The zero-order valence-electron chi connectivity index (χ0n) is 9.54. The number of hydrogen-bond donors (Lipinski definition) is 2. The van der Waals surface area contributed by atoms with Crippen LogP contribution in [-0.2, 0) is 4.79 Å². The van der Waals surface area contributed by atoms with Gasteiger partial charge in [-0.3, -0.25) is 4.79 Å². The van der Waals surface area contributed by atoms with Gasteiger partial charge < -0.3 is 10.4 Å². The Morgan fingerprint density at radius 3 is 2.76 bits per heavy atom. The molecule has 0 heterocycles. The smallest absolute Gasteiger partial charge is 0.303 e. The second kappa shape index (κ2) is 6.30. The summed E-state index contributed by atoms with van der Waals surface area (Å²) < 4.78 is 26.0. The van der Waals surface area contributed by atoms with Gasteiger partial charge in [0.05, 0.1) is 0 Å². The zero-order valence-corrected chi connectivity index (χ0v) is 9.54. The van der Waals surface area contributed by atoms with Gasteiger partial charge in [0.25, 0.3) is 0 Å². The van der Waals surface area contributed by atoms with Crippen molar-refractivity contribution in [3.63, 3.8) is 0 Å². The van der Waals surface area contributed by atoms with Crippen molar-refractivity contribution in [1.29, 1.82) is 0 Å². The maximum Gasteiger partial charge on any atom is 0.303 e. The molecule has 1 aromatic rings. The lowest BCUT2D eigenvalue weighted by atomic mass is 10.1. The Morgan fingerprint density at radius 1 is 1.47 bits per heavy atom. The number of carboxylic acids is 1. The molecule has 0 fully saturated rings. The van der Waals surface area contributed by atoms with Crippen LogP contribution in [0.5, 0.6) is 0 Å². The van der Waals surface area contributed by atoms with Gasteiger partial charge in [0, 0.05) is 24.1 Å². The Hall–Kier alpha value is -1.49. The predicted molar refractivity (Wildman–Crippen MR) is 59.6 cm³/mol. The molecule has 0 spiro atoms. The summed E-state index contributed by atoms with van der Waals surface area (Å²) in [6, 6.07) is 3.15. The Morgan fingerprint density at radius 2 is 2.18 bits per heavy atom. The van der Waals surface area contributed by atoms with E-state index in [1.54, 1.807) is 6.92 Å². The van der Waals surface area contributed by atoms with Crippen LogP contribution in [0.1, 0.15) is 31.4 Å². The van der Waals surface area contributed by atoms with E-state index < -0.39 is 17.6 Å². The highest BCUT2D eigenvalue weighted by Gasteiger charge is 2.10. The zero-order chi connectivity index (χ0) is 12.8. The quantitative estimate of drug-likeness (QED) is 0.755. The van der Waals surface area contributed by atoms with Crippen LogP contribution in [0.25, 0.3) is 0 Å². The molecule has 0 radical (unpaired) electrons. The highest BCUT2D eigenvalue weighted by Crippen LogP contribution is 2.17. The van der Waals surface area contributed by atoms with E-state index in [1.807, 2.05) is 0 Å². The molecule has 0 aliphatic heterocycles. The number of carbonyl (C=O) groups is 1. The fourth-order valence-corrected chi connectivity index (χ4v) is 1.52. The Labute approximate surface area is 98.5 Å². The number of nitrogens with one attached hydrogen (secondary N) is 1. The third kappa shape index (κ3) is 4.48. The van der Waals surface area contributed by atoms with E-state index in [0.717, 1.165) is 6.07 Å². The molecule has 5 heteroatoms. The summed E-state index contributed by atoms with van der Waals surface area (Å²) in [5.41, 5.74) is 0.377. The highest BCUT2D eigenvalue weighted by molar-refractivity contribution is 5.66. The Kier molecular flexibility index (Phi) is 5.03. The van der Waals surface area contributed by atoms with Crippen molar-refractivity contribution in [2.75, 3.05) is 6.54 Å². The fraction of sp³-hybridized carbons (Fsp3) is 0.417. The SMILES string of the molecule is CC(NCCCC(=O)O)c1ccc(F)cc1F. The van der Waals surface area contributed by atoms with Gasteiger partial charge in [0.2, 0.25) is 0 Å². The first-order valence-electron chi connectivity index (χ1n) is 5.41. The van der Waals surface area contributed by atoms with Crippen molar-refractivity contribution in [1.82, 2.24) is 5.32 Å². The number of aliphatic carboxylic acids is 1. The minimum absolute atomic E-state index is 0.0750. The molecule has 0 bridgehead atoms. The molecule has 1 rings (SSSR count). The third-order valence-electron chi connectivity index (χ3n) is 2.45. The summed E-state index contributed by atoms with van der Waals surface area (Å²) in [5, 5.41) is 11.4. The predicted octanol–water partition coefficient (Wildman–Crippen LogP) is 2.48. The summed E-state index contributed by atoms with van der Waals surface area (Å²) in [6.45, 7) is 2.22. The Bertz CT molecular complexity index is 396. The molecule has 17 heavy (non-hydrogen) atoms. The lowest BCUT2D eigenvalue weighted by Crippen LogP contribution is -2.21. The third-order valence-corrected chi connectivity index (χ3v) is 2.45. The van der Waals surface area contributed by atoms with Crippen LogP contribution >= 0.6 is 0 Å². The van der Waals surface area contributed by atoms with Gasteiger partial charge in [-0.05, 0) is 26.0 Å². The molecule has 1 unspecified atom stereocenters. The minimum atomic E-state index is -0.854. The average molecular weight is 243 g/mol. The van der Waals surface area contributed by atoms with Crippen molar-refractivity contribution in [3.05, 3.63) is 35.4 Å². The first-order valence-corrected chi connectivity index (χ1v) is 5.41. The van der Waals surface area contributed by atoms with Gasteiger partial charge in [-0.25, -0.2) is 8.78 Å². The van der Waals surface area contributed by atoms with Crippen LogP contribution in [0.4, 0.5) is 8.78 Å². The Balaban J connectivity index is 2.46. The summed E-state index contributed by atoms with van der Waals surface area (Å²) in [4.78, 5) is 10.3. The van der Waals surface area contributed by atoms with Crippen LogP contribution in [-0.4, -0.2) is 17.6 Å². The van der Waals surface area contributed by atoms with Crippen molar-refractivity contribution in [2.24, 2.45) is 0 Å². The largest absolute Gasteiger partial charge is 0.481 e. The van der Waals surface area contributed by atoms with Gasteiger partial charge in [-0.15, -0.1) is 0 Å². The molecule has 3 nitrogen and oxygen atoms in total. The van der Waals surface area contributed by atoms with Crippen molar-refractivity contribution < 1.29 is 18.7 Å². The van der Waals surface area contributed by atoms with E-state index in [2.05, 4.69) is 5.32 Å². The second-order valence-electron chi connectivity index (χ2n) is 3.84.